The maximum absolute atomic E-state index is 11.7. The van der Waals surface area contributed by atoms with Crippen molar-refractivity contribution in [2.24, 2.45) is 0 Å². The number of hydrogen-bond acceptors (Lipinski definition) is 4. The number of carbonyl (C=O) groups excluding carboxylic acids is 1. The lowest BCUT2D eigenvalue weighted by Gasteiger charge is -2.48. The fraction of sp³-hybridized carbons (Fsp3) is 0.733. The molecule has 1 spiro atoms. The van der Waals surface area contributed by atoms with Crippen molar-refractivity contribution in [2.45, 2.75) is 64.1 Å². The summed E-state index contributed by atoms with van der Waals surface area (Å²) in [5, 5.41) is 3.30. The highest BCUT2D eigenvalue weighted by Crippen LogP contribution is 2.38. The minimum Gasteiger partial charge on any atom is -0.349 e. The molecule has 2 aliphatic heterocycles. The Balaban J connectivity index is 1.80. The summed E-state index contributed by atoms with van der Waals surface area (Å²) < 4.78 is 0. The topological polar surface area (TPSA) is 45.2 Å². The summed E-state index contributed by atoms with van der Waals surface area (Å²) in [5.74, 6) is 0.235. The maximum atomic E-state index is 11.7. The zero-order valence-corrected chi connectivity index (χ0v) is 13.1. The molecule has 110 valence electrons. The normalized spacial score (nSPS) is 30.9. The van der Waals surface area contributed by atoms with E-state index in [1.807, 2.05) is 5.51 Å². The lowest BCUT2D eigenvalue weighted by atomic mass is 9.78. The third-order valence-electron chi connectivity index (χ3n) is 4.91. The van der Waals surface area contributed by atoms with Crippen LogP contribution in [0, 0.1) is 6.92 Å². The van der Waals surface area contributed by atoms with E-state index in [-0.39, 0.29) is 11.4 Å². The molecule has 1 amide bonds. The lowest BCUT2D eigenvalue weighted by molar-refractivity contribution is -0.120. The van der Waals surface area contributed by atoms with E-state index < -0.39 is 0 Å². The van der Waals surface area contributed by atoms with Gasteiger partial charge in [-0.25, -0.2) is 4.98 Å². The largest absolute Gasteiger partial charge is 0.349 e. The summed E-state index contributed by atoms with van der Waals surface area (Å²) in [4.78, 5) is 20.0. The molecule has 0 unspecified atom stereocenters. The number of nitrogens with zero attached hydrogens (tertiary/aromatic N) is 2. The molecule has 0 aromatic carbocycles. The van der Waals surface area contributed by atoms with Crippen LogP contribution in [0.3, 0.4) is 0 Å². The summed E-state index contributed by atoms with van der Waals surface area (Å²) >= 11 is 1.75. The zero-order chi connectivity index (χ0) is 14.2. The second-order valence-corrected chi connectivity index (χ2v) is 7.00. The van der Waals surface area contributed by atoms with Crippen LogP contribution in [0.2, 0.25) is 0 Å². The second-order valence-electron chi connectivity index (χ2n) is 6.06. The highest BCUT2D eigenvalue weighted by molar-refractivity contribution is 7.09. The number of nitrogens with one attached hydrogen (secondary N) is 1. The molecule has 0 saturated carbocycles. The van der Waals surface area contributed by atoms with Crippen LogP contribution in [0.25, 0.3) is 0 Å². The molecule has 2 fully saturated rings. The first-order valence-electron chi connectivity index (χ1n) is 7.58. The Morgan fingerprint density at radius 2 is 2.40 bits per heavy atom. The average molecular weight is 293 g/mol. The molecule has 0 aliphatic carbocycles. The molecule has 4 nitrogen and oxygen atoms in total. The van der Waals surface area contributed by atoms with Crippen LogP contribution in [0.15, 0.2) is 5.51 Å². The van der Waals surface area contributed by atoms with Crippen molar-refractivity contribution in [3.05, 3.63) is 16.1 Å². The van der Waals surface area contributed by atoms with Crippen molar-refractivity contribution in [2.75, 3.05) is 6.54 Å². The van der Waals surface area contributed by atoms with Gasteiger partial charge in [0.15, 0.2) is 0 Å². The van der Waals surface area contributed by atoms with E-state index in [0.717, 1.165) is 38.0 Å². The third kappa shape index (κ3) is 2.37. The van der Waals surface area contributed by atoms with Gasteiger partial charge in [0.1, 0.15) is 0 Å². The Kier molecular flexibility index (Phi) is 3.82. The lowest BCUT2D eigenvalue weighted by Crippen LogP contribution is -2.61. The molecule has 2 saturated heterocycles. The summed E-state index contributed by atoms with van der Waals surface area (Å²) in [6.07, 6.45) is 5.11. The van der Waals surface area contributed by atoms with Gasteiger partial charge in [-0.15, -0.1) is 11.3 Å². The van der Waals surface area contributed by atoms with Gasteiger partial charge in [0, 0.05) is 23.9 Å². The van der Waals surface area contributed by atoms with Gasteiger partial charge in [-0.05, 0) is 39.2 Å². The van der Waals surface area contributed by atoms with Crippen LogP contribution in [0.5, 0.6) is 0 Å². The van der Waals surface area contributed by atoms with E-state index in [0.29, 0.717) is 12.5 Å². The molecule has 2 atom stereocenters. The van der Waals surface area contributed by atoms with E-state index in [9.17, 15) is 4.79 Å². The predicted octanol–water partition coefficient (Wildman–Crippen LogP) is 2.47. The molecular weight excluding hydrogens is 270 g/mol. The standard InChI is InChI=1S/C15H23N3OS/c1-3-13-15(7-5-14(19)17-15)6-4-8-18(13)9-12-11(2)16-10-20-12/h10,13H,3-9H2,1-2H3,(H,17,19)/t13-,15+/m0/s1. The molecule has 0 radical (unpaired) electrons. The number of thiazole rings is 1. The van der Waals surface area contributed by atoms with Gasteiger partial charge in [0.05, 0.1) is 16.7 Å². The van der Waals surface area contributed by atoms with Crippen molar-refractivity contribution in [1.82, 2.24) is 15.2 Å². The Labute approximate surface area is 124 Å². The highest BCUT2D eigenvalue weighted by atomic mass is 32.1. The maximum Gasteiger partial charge on any atom is 0.220 e. The van der Waals surface area contributed by atoms with E-state index in [4.69, 9.17) is 0 Å². The van der Waals surface area contributed by atoms with Crippen LogP contribution in [0.1, 0.15) is 49.6 Å². The number of likely N-dealkylation sites (tertiary alicyclic amines) is 1. The first-order valence-corrected chi connectivity index (χ1v) is 8.46. The van der Waals surface area contributed by atoms with Crippen molar-refractivity contribution in [3.63, 3.8) is 0 Å². The quantitative estimate of drug-likeness (QED) is 0.931. The fourth-order valence-electron chi connectivity index (χ4n) is 3.95. The van der Waals surface area contributed by atoms with Gasteiger partial charge >= 0.3 is 0 Å². The van der Waals surface area contributed by atoms with Crippen LogP contribution in [-0.4, -0.2) is 33.9 Å². The number of amides is 1. The molecule has 20 heavy (non-hydrogen) atoms. The van der Waals surface area contributed by atoms with Gasteiger partial charge in [-0.3, -0.25) is 9.69 Å². The first-order chi connectivity index (χ1) is 9.64. The third-order valence-corrected chi connectivity index (χ3v) is 5.83. The van der Waals surface area contributed by atoms with Crippen LogP contribution in [0.4, 0.5) is 0 Å². The Bertz CT molecular complexity index is 501. The highest BCUT2D eigenvalue weighted by Gasteiger charge is 2.47. The number of carbonyl (C=O) groups is 1. The number of aryl methyl sites for hydroxylation is 1. The molecule has 3 heterocycles. The van der Waals surface area contributed by atoms with Crippen molar-refractivity contribution in [3.8, 4) is 0 Å². The number of hydrogen-bond donors (Lipinski definition) is 1. The molecule has 5 heteroatoms. The molecule has 2 aliphatic rings. The molecule has 1 N–H and O–H groups in total. The minimum atomic E-state index is 0.0304. The fourth-order valence-corrected chi connectivity index (χ4v) is 4.75. The van der Waals surface area contributed by atoms with Gasteiger partial charge in [0.2, 0.25) is 5.91 Å². The van der Waals surface area contributed by atoms with Crippen LogP contribution >= 0.6 is 11.3 Å². The van der Waals surface area contributed by atoms with Gasteiger partial charge in [0.25, 0.3) is 0 Å². The van der Waals surface area contributed by atoms with E-state index >= 15 is 0 Å². The zero-order valence-electron chi connectivity index (χ0n) is 12.3. The van der Waals surface area contributed by atoms with E-state index in [1.54, 1.807) is 11.3 Å². The van der Waals surface area contributed by atoms with E-state index in [1.165, 1.54) is 11.3 Å². The Morgan fingerprint density at radius 3 is 3.00 bits per heavy atom. The summed E-state index contributed by atoms with van der Waals surface area (Å²) in [7, 11) is 0. The number of piperidine rings is 1. The van der Waals surface area contributed by atoms with E-state index in [2.05, 4.69) is 29.0 Å². The summed E-state index contributed by atoms with van der Waals surface area (Å²) in [5.41, 5.74) is 3.12. The van der Waals surface area contributed by atoms with Gasteiger partial charge < -0.3 is 5.32 Å². The first kappa shape index (κ1) is 14.0. The molecule has 1 aromatic heterocycles. The van der Waals surface area contributed by atoms with Crippen LogP contribution < -0.4 is 5.32 Å². The molecule has 3 rings (SSSR count). The Hall–Kier alpha value is -0.940. The van der Waals surface area contributed by atoms with Crippen molar-refractivity contribution in [1.29, 1.82) is 0 Å². The minimum absolute atomic E-state index is 0.0304. The van der Waals surface area contributed by atoms with Gasteiger partial charge in [-0.2, -0.15) is 0 Å². The second kappa shape index (κ2) is 5.45. The Morgan fingerprint density at radius 1 is 1.55 bits per heavy atom. The molecule has 1 aromatic rings. The smallest absolute Gasteiger partial charge is 0.220 e. The summed E-state index contributed by atoms with van der Waals surface area (Å²) in [6.45, 7) is 6.44. The van der Waals surface area contributed by atoms with Crippen LogP contribution in [-0.2, 0) is 11.3 Å². The molecule has 0 bridgehead atoms. The number of aromatic nitrogens is 1. The monoisotopic (exact) mass is 293 g/mol. The van der Waals surface area contributed by atoms with Gasteiger partial charge in [-0.1, -0.05) is 6.92 Å². The average Bonchev–Trinajstić information content (AvgIpc) is 2.98. The predicted molar refractivity (Wildman–Crippen MR) is 80.7 cm³/mol. The SMILES string of the molecule is CC[C@@H]1N(Cc2scnc2C)CCC[C@@]12CCC(=O)N2. The van der Waals surface area contributed by atoms with Crippen molar-refractivity contribution >= 4 is 17.2 Å². The number of rotatable bonds is 3. The summed E-state index contributed by atoms with van der Waals surface area (Å²) in [6, 6.07) is 0.462. The van der Waals surface area contributed by atoms with Crippen molar-refractivity contribution < 1.29 is 4.79 Å². The molecular formula is C15H23N3OS.